The quantitative estimate of drug-likeness (QED) is 0.181. The van der Waals surface area contributed by atoms with Crippen LogP contribution in [0.2, 0.25) is 0 Å². The lowest BCUT2D eigenvalue weighted by molar-refractivity contribution is 0.349. The Balaban J connectivity index is -0.000000110. The summed E-state index contributed by atoms with van der Waals surface area (Å²) in [5, 5.41) is 0. The second-order valence-electron chi connectivity index (χ2n) is 13.0. The van der Waals surface area contributed by atoms with Crippen LogP contribution >= 0.6 is 0 Å². The van der Waals surface area contributed by atoms with Crippen LogP contribution in [0.4, 0.5) is 13.2 Å². The van der Waals surface area contributed by atoms with Gasteiger partial charge in [-0.05, 0) is 109 Å². The van der Waals surface area contributed by atoms with Crippen LogP contribution in [-0.2, 0) is 25.7 Å². The maximum atomic E-state index is 12.6. The number of benzene rings is 4. The van der Waals surface area contributed by atoms with E-state index in [1.807, 2.05) is 129 Å². The normalized spacial score (nSPS) is 10.1. The van der Waals surface area contributed by atoms with Crippen molar-refractivity contribution >= 4 is 0 Å². The fourth-order valence-corrected chi connectivity index (χ4v) is 4.80. The van der Waals surface area contributed by atoms with Gasteiger partial charge in [0.1, 0.15) is 17.5 Å². The largest absolute Gasteiger partial charge is 0.207 e. The lowest BCUT2D eigenvalue weighted by Crippen LogP contribution is -2.03. The number of aryl methyl sites for hydroxylation is 5. The van der Waals surface area contributed by atoms with Crippen molar-refractivity contribution in [2.24, 2.45) is 11.8 Å². The molecule has 1 saturated carbocycles. The lowest BCUT2D eigenvalue weighted by atomic mass is 9.88. The molecule has 0 bridgehead atoms. The Hall–Kier alpha value is -3.33. The van der Waals surface area contributed by atoms with Gasteiger partial charge in [0.05, 0.1) is 0 Å². The van der Waals surface area contributed by atoms with E-state index in [1.54, 1.807) is 36.4 Å². The molecule has 0 amide bonds. The average Bonchev–Trinajstić information content (AvgIpc) is 3.34. The molecule has 3 heteroatoms. The van der Waals surface area contributed by atoms with E-state index in [-0.39, 0.29) is 17.5 Å². The third-order valence-corrected chi connectivity index (χ3v) is 8.50. The average molecular weight is 857 g/mol. The molecule has 5 rings (SSSR count). The first kappa shape index (κ1) is 72.1. The number of halogens is 3. The molecule has 1 aliphatic carbocycles. The van der Waals surface area contributed by atoms with E-state index in [1.165, 1.54) is 74.3 Å². The molecule has 0 aliphatic heterocycles. The van der Waals surface area contributed by atoms with E-state index in [0.29, 0.717) is 0 Å². The Bertz CT molecular complexity index is 1290. The molecule has 0 spiro atoms. The van der Waals surface area contributed by atoms with Crippen molar-refractivity contribution in [3.05, 3.63) is 142 Å². The monoisotopic (exact) mass is 857 g/mol. The highest BCUT2D eigenvalue weighted by Crippen LogP contribution is 2.25. The zero-order valence-corrected chi connectivity index (χ0v) is 44.3. The Morgan fingerprint density at radius 3 is 1.13 bits per heavy atom. The molecule has 0 unspecified atom stereocenters. The highest BCUT2D eigenvalue weighted by molar-refractivity contribution is 5.23. The lowest BCUT2D eigenvalue weighted by Gasteiger charge is -2.18. The summed E-state index contributed by atoms with van der Waals surface area (Å²) in [7, 11) is 0. The van der Waals surface area contributed by atoms with Crippen LogP contribution in [0.1, 0.15) is 211 Å². The van der Waals surface area contributed by atoms with Crippen molar-refractivity contribution in [2.75, 3.05) is 0 Å². The molecule has 0 aromatic heterocycles. The summed E-state index contributed by atoms with van der Waals surface area (Å²) in [5.41, 5.74) is 5.70. The molecule has 0 atom stereocenters. The molecule has 0 heterocycles. The van der Waals surface area contributed by atoms with Crippen molar-refractivity contribution < 1.29 is 13.2 Å². The van der Waals surface area contributed by atoms with Crippen LogP contribution in [0.15, 0.2) is 97.1 Å². The van der Waals surface area contributed by atoms with Crippen molar-refractivity contribution in [2.45, 2.75) is 216 Å². The van der Waals surface area contributed by atoms with E-state index >= 15 is 0 Å². The summed E-state index contributed by atoms with van der Waals surface area (Å²) < 4.78 is 37.2. The van der Waals surface area contributed by atoms with Crippen LogP contribution in [0.25, 0.3) is 0 Å². The second kappa shape index (κ2) is 61.0. The van der Waals surface area contributed by atoms with Crippen LogP contribution in [0.3, 0.4) is 0 Å². The van der Waals surface area contributed by atoms with E-state index in [0.717, 1.165) is 54.2 Å². The van der Waals surface area contributed by atoms with Gasteiger partial charge in [-0.1, -0.05) is 244 Å². The number of hydrogen-bond donors (Lipinski definition) is 0. The molecule has 0 N–H and O–H groups in total. The molecule has 356 valence electrons. The van der Waals surface area contributed by atoms with Gasteiger partial charge in [0, 0.05) is 0 Å². The van der Waals surface area contributed by atoms with E-state index in [4.69, 9.17) is 0 Å². The van der Waals surface area contributed by atoms with Gasteiger partial charge in [-0.25, -0.2) is 13.2 Å². The maximum Gasteiger partial charge on any atom is 0.123 e. The van der Waals surface area contributed by atoms with E-state index in [9.17, 15) is 13.2 Å². The maximum absolute atomic E-state index is 12.6. The zero-order valence-electron chi connectivity index (χ0n) is 44.3. The van der Waals surface area contributed by atoms with Gasteiger partial charge in [-0.2, -0.15) is 0 Å². The van der Waals surface area contributed by atoms with Crippen molar-refractivity contribution in [3.63, 3.8) is 0 Å². The van der Waals surface area contributed by atoms with Crippen LogP contribution < -0.4 is 0 Å². The third kappa shape index (κ3) is 52.7. The minimum Gasteiger partial charge on any atom is -0.207 e. The first-order chi connectivity index (χ1) is 29.5. The molecule has 0 radical (unpaired) electrons. The van der Waals surface area contributed by atoms with Crippen LogP contribution in [0.5, 0.6) is 0 Å². The topological polar surface area (TPSA) is 0 Å². The molecule has 1 fully saturated rings. The van der Waals surface area contributed by atoms with E-state index < -0.39 is 0 Å². The highest BCUT2D eigenvalue weighted by atomic mass is 19.1. The molecular weight excluding hydrogens is 754 g/mol. The molecule has 0 saturated heterocycles. The predicted molar refractivity (Wildman–Crippen MR) is 278 cm³/mol. The number of rotatable bonds is 6. The second-order valence-corrected chi connectivity index (χ2v) is 13.0. The predicted octanol–water partition coefficient (Wildman–Crippen LogP) is 20.9. The van der Waals surface area contributed by atoms with Gasteiger partial charge in [-0.3, -0.25) is 0 Å². The van der Waals surface area contributed by atoms with Gasteiger partial charge < -0.3 is 0 Å². The first-order valence-corrected chi connectivity index (χ1v) is 24.8. The summed E-state index contributed by atoms with van der Waals surface area (Å²) in [4.78, 5) is 0. The minimum absolute atomic E-state index is 0.128. The molecule has 4 aromatic carbocycles. The summed E-state index contributed by atoms with van der Waals surface area (Å²) in [6.07, 6.45) is 14.2. The first-order valence-electron chi connectivity index (χ1n) is 24.8. The van der Waals surface area contributed by atoms with Gasteiger partial charge >= 0.3 is 0 Å². The molecular formula is C58H103F3. The summed E-state index contributed by atoms with van der Waals surface area (Å²) in [6.45, 7) is 43.1. The minimum atomic E-state index is -0.160. The summed E-state index contributed by atoms with van der Waals surface area (Å²) in [6, 6.07) is 28.8. The van der Waals surface area contributed by atoms with Gasteiger partial charge in [0.25, 0.3) is 0 Å². The Morgan fingerprint density at radius 2 is 0.820 bits per heavy atom. The van der Waals surface area contributed by atoms with Gasteiger partial charge in [0.2, 0.25) is 0 Å². The standard InChI is InChI=1S/C9H11F.2C8H9F.C8H16.C8H10.C5H12.6C2H6/c1-3-8-4-7(2)5-9(10)6-8;1-2-7-3-5-8(9)6-4-7;1-2-7-4-3-5-8(9)6-7;2*1-2-8-6-4-3-5-7-8;1-4-5(2)3;6*1-2/h4-6H,3H2,1-2H3;2*3-6H,2H2,1H3;8H,2-7H2,1H3;3-7H,2H2,1H3;5H,4H2,1-3H3;6*1-2H3. The van der Waals surface area contributed by atoms with Crippen molar-refractivity contribution in [1.82, 2.24) is 0 Å². The van der Waals surface area contributed by atoms with Crippen LogP contribution in [-0.4, -0.2) is 0 Å². The van der Waals surface area contributed by atoms with Gasteiger partial charge in [0.15, 0.2) is 0 Å². The highest BCUT2D eigenvalue weighted by Gasteiger charge is 2.09. The van der Waals surface area contributed by atoms with Crippen molar-refractivity contribution in [1.29, 1.82) is 0 Å². The van der Waals surface area contributed by atoms with Crippen LogP contribution in [0, 0.1) is 36.2 Å². The molecule has 0 nitrogen and oxygen atoms in total. The summed E-state index contributed by atoms with van der Waals surface area (Å²) >= 11 is 0. The van der Waals surface area contributed by atoms with Crippen molar-refractivity contribution in [3.8, 4) is 0 Å². The molecule has 61 heavy (non-hydrogen) atoms. The smallest absolute Gasteiger partial charge is 0.123 e. The van der Waals surface area contributed by atoms with Gasteiger partial charge in [-0.15, -0.1) is 0 Å². The third-order valence-electron chi connectivity index (χ3n) is 8.50. The number of hydrogen-bond acceptors (Lipinski definition) is 0. The fourth-order valence-electron chi connectivity index (χ4n) is 4.80. The Kier molecular flexibility index (Phi) is 72.1. The Morgan fingerprint density at radius 1 is 0.426 bits per heavy atom. The molecule has 1 aliphatic rings. The summed E-state index contributed by atoms with van der Waals surface area (Å²) in [5.74, 6) is 1.54. The zero-order chi connectivity index (χ0) is 48.9. The van der Waals surface area contributed by atoms with E-state index in [2.05, 4.69) is 58.9 Å². The SMILES string of the molecule is CC.CC.CC.CC.CC.CC.CCC(C)C.CCC1CCCCC1.CCc1cc(C)cc(F)c1.CCc1ccc(F)cc1.CCc1cccc(F)c1.CCc1ccccc1. The fraction of sp³-hybridized carbons (Fsp3) is 0.586. The Labute approximate surface area is 382 Å². The molecule has 4 aromatic rings.